The molecule has 2 heteroatoms. The monoisotopic (exact) mass is 188 g/mol. The zero-order valence-corrected chi connectivity index (χ0v) is 8.94. The molecule has 1 aliphatic rings. The molecule has 3 atom stereocenters. The van der Waals surface area contributed by atoms with Crippen LogP contribution in [0.25, 0.3) is 0 Å². The van der Waals surface area contributed by atoms with Crippen LogP contribution in [0.5, 0.6) is 0 Å². The minimum atomic E-state index is -0.0692. The number of thioether (sulfide) groups is 1. The van der Waals surface area contributed by atoms with Gasteiger partial charge in [0.15, 0.2) is 0 Å². The fraction of sp³-hybridized carbons (Fsp3) is 1.00. The van der Waals surface area contributed by atoms with Crippen LogP contribution < -0.4 is 0 Å². The SMILES string of the molecule is CCC(C)C(O)C1CCCCS1. The van der Waals surface area contributed by atoms with Crippen molar-refractivity contribution in [3.05, 3.63) is 0 Å². The van der Waals surface area contributed by atoms with Crippen molar-refractivity contribution in [2.24, 2.45) is 5.92 Å². The Kier molecular flexibility index (Phi) is 4.44. The van der Waals surface area contributed by atoms with Gasteiger partial charge in [-0.1, -0.05) is 26.7 Å². The van der Waals surface area contributed by atoms with Crippen LogP contribution in [-0.2, 0) is 0 Å². The maximum absolute atomic E-state index is 9.92. The lowest BCUT2D eigenvalue weighted by atomic mass is 9.96. The van der Waals surface area contributed by atoms with Gasteiger partial charge >= 0.3 is 0 Å². The van der Waals surface area contributed by atoms with Gasteiger partial charge in [-0.15, -0.1) is 0 Å². The highest BCUT2D eigenvalue weighted by Gasteiger charge is 2.25. The van der Waals surface area contributed by atoms with Gasteiger partial charge in [-0.05, 0) is 24.5 Å². The van der Waals surface area contributed by atoms with Gasteiger partial charge in [0.2, 0.25) is 0 Å². The van der Waals surface area contributed by atoms with Crippen LogP contribution in [0.15, 0.2) is 0 Å². The van der Waals surface area contributed by atoms with Crippen molar-refractivity contribution in [1.29, 1.82) is 0 Å². The van der Waals surface area contributed by atoms with Gasteiger partial charge in [-0.2, -0.15) is 11.8 Å². The van der Waals surface area contributed by atoms with Crippen molar-refractivity contribution in [1.82, 2.24) is 0 Å². The van der Waals surface area contributed by atoms with E-state index in [1.807, 2.05) is 11.8 Å². The molecule has 0 aromatic carbocycles. The van der Waals surface area contributed by atoms with Crippen molar-refractivity contribution in [2.45, 2.75) is 50.9 Å². The Morgan fingerprint density at radius 1 is 1.50 bits per heavy atom. The molecule has 1 aliphatic heterocycles. The van der Waals surface area contributed by atoms with Crippen molar-refractivity contribution >= 4 is 11.8 Å². The van der Waals surface area contributed by atoms with Gasteiger partial charge < -0.3 is 5.11 Å². The van der Waals surface area contributed by atoms with Gasteiger partial charge in [-0.3, -0.25) is 0 Å². The number of rotatable bonds is 3. The summed E-state index contributed by atoms with van der Waals surface area (Å²) in [4.78, 5) is 0. The quantitative estimate of drug-likeness (QED) is 0.735. The molecule has 0 aromatic rings. The van der Waals surface area contributed by atoms with Gasteiger partial charge in [0.1, 0.15) is 0 Å². The van der Waals surface area contributed by atoms with E-state index in [2.05, 4.69) is 13.8 Å². The van der Waals surface area contributed by atoms with Gasteiger partial charge in [-0.25, -0.2) is 0 Å². The first kappa shape index (κ1) is 10.4. The summed E-state index contributed by atoms with van der Waals surface area (Å²) < 4.78 is 0. The van der Waals surface area contributed by atoms with Crippen molar-refractivity contribution in [2.75, 3.05) is 5.75 Å². The molecule has 72 valence electrons. The van der Waals surface area contributed by atoms with Crippen molar-refractivity contribution in [3.8, 4) is 0 Å². The van der Waals surface area contributed by atoms with E-state index in [1.54, 1.807) is 0 Å². The van der Waals surface area contributed by atoms with Crippen LogP contribution in [0, 0.1) is 5.92 Å². The van der Waals surface area contributed by atoms with E-state index in [9.17, 15) is 5.11 Å². The molecule has 0 amide bonds. The number of aliphatic hydroxyl groups is 1. The summed E-state index contributed by atoms with van der Waals surface area (Å²) in [5, 5.41) is 10.4. The van der Waals surface area contributed by atoms with E-state index >= 15 is 0 Å². The molecule has 0 saturated carbocycles. The molecule has 1 heterocycles. The maximum Gasteiger partial charge on any atom is 0.0684 e. The van der Waals surface area contributed by atoms with E-state index < -0.39 is 0 Å². The lowest BCUT2D eigenvalue weighted by molar-refractivity contribution is 0.107. The summed E-state index contributed by atoms with van der Waals surface area (Å²) in [6.07, 6.45) is 4.90. The first-order valence-electron chi connectivity index (χ1n) is 5.05. The predicted molar refractivity (Wildman–Crippen MR) is 55.6 cm³/mol. The van der Waals surface area contributed by atoms with Crippen LogP contribution in [0.4, 0.5) is 0 Å². The van der Waals surface area contributed by atoms with Gasteiger partial charge in [0.05, 0.1) is 6.10 Å². The first-order chi connectivity index (χ1) is 5.75. The Morgan fingerprint density at radius 2 is 2.25 bits per heavy atom. The highest BCUT2D eigenvalue weighted by molar-refractivity contribution is 8.00. The summed E-state index contributed by atoms with van der Waals surface area (Å²) in [6, 6.07) is 0. The molecule has 0 bridgehead atoms. The molecular weight excluding hydrogens is 168 g/mol. The topological polar surface area (TPSA) is 20.2 Å². The van der Waals surface area contributed by atoms with Crippen molar-refractivity contribution < 1.29 is 5.11 Å². The Bertz CT molecular complexity index is 121. The molecule has 1 nitrogen and oxygen atoms in total. The average Bonchev–Trinajstić information content (AvgIpc) is 2.17. The Morgan fingerprint density at radius 3 is 2.75 bits per heavy atom. The highest BCUT2D eigenvalue weighted by Crippen LogP contribution is 2.30. The van der Waals surface area contributed by atoms with E-state index in [0.717, 1.165) is 6.42 Å². The molecule has 0 spiro atoms. The fourth-order valence-electron chi connectivity index (χ4n) is 1.64. The van der Waals surface area contributed by atoms with Gasteiger partial charge in [0, 0.05) is 5.25 Å². The molecular formula is C10H20OS. The molecule has 1 fully saturated rings. The lowest BCUT2D eigenvalue weighted by Crippen LogP contribution is -2.31. The normalized spacial score (nSPS) is 29.8. The summed E-state index contributed by atoms with van der Waals surface area (Å²) in [6.45, 7) is 4.31. The smallest absolute Gasteiger partial charge is 0.0684 e. The summed E-state index contributed by atoms with van der Waals surface area (Å²) >= 11 is 1.96. The summed E-state index contributed by atoms with van der Waals surface area (Å²) in [5.74, 6) is 1.72. The third-order valence-electron chi connectivity index (χ3n) is 2.82. The molecule has 12 heavy (non-hydrogen) atoms. The highest BCUT2D eigenvalue weighted by atomic mass is 32.2. The van der Waals surface area contributed by atoms with Crippen molar-refractivity contribution in [3.63, 3.8) is 0 Å². The predicted octanol–water partition coefficient (Wildman–Crippen LogP) is 2.68. The second kappa shape index (κ2) is 5.13. The van der Waals surface area contributed by atoms with E-state index in [1.165, 1.54) is 25.0 Å². The minimum Gasteiger partial charge on any atom is -0.392 e. The second-order valence-electron chi connectivity index (χ2n) is 3.78. The van der Waals surface area contributed by atoms with E-state index in [0.29, 0.717) is 11.2 Å². The first-order valence-corrected chi connectivity index (χ1v) is 6.10. The number of hydrogen-bond donors (Lipinski definition) is 1. The van der Waals surface area contributed by atoms with Crippen LogP contribution in [-0.4, -0.2) is 22.2 Å². The average molecular weight is 188 g/mol. The second-order valence-corrected chi connectivity index (χ2v) is 5.13. The molecule has 0 aliphatic carbocycles. The Labute approximate surface area is 79.9 Å². The molecule has 0 radical (unpaired) electrons. The van der Waals surface area contributed by atoms with Crippen LogP contribution in [0.2, 0.25) is 0 Å². The molecule has 1 saturated heterocycles. The minimum absolute atomic E-state index is 0.0692. The standard InChI is InChI=1S/C10H20OS/c1-3-8(2)10(11)9-6-4-5-7-12-9/h8-11H,3-7H2,1-2H3. The summed E-state index contributed by atoms with van der Waals surface area (Å²) in [5.41, 5.74) is 0. The Balaban J connectivity index is 2.33. The largest absolute Gasteiger partial charge is 0.392 e. The number of aliphatic hydroxyl groups excluding tert-OH is 1. The van der Waals surface area contributed by atoms with E-state index in [-0.39, 0.29) is 6.10 Å². The Hall–Kier alpha value is 0.310. The van der Waals surface area contributed by atoms with Crippen LogP contribution in [0.3, 0.4) is 0 Å². The maximum atomic E-state index is 9.92. The summed E-state index contributed by atoms with van der Waals surface area (Å²) in [7, 11) is 0. The molecule has 1 rings (SSSR count). The molecule has 3 unspecified atom stereocenters. The third kappa shape index (κ3) is 2.67. The van der Waals surface area contributed by atoms with Crippen LogP contribution >= 0.6 is 11.8 Å². The van der Waals surface area contributed by atoms with E-state index in [4.69, 9.17) is 0 Å². The third-order valence-corrected chi connectivity index (χ3v) is 4.29. The molecule has 0 aromatic heterocycles. The number of hydrogen-bond acceptors (Lipinski definition) is 2. The zero-order valence-electron chi connectivity index (χ0n) is 8.12. The lowest BCUT2D eigenvalue weighted by Gasteiger charge is -2.29. The van der Waals surface area contributed by atoms with Crippen LogP contribution in [0.1, 0.15) is 39.5 Å². The molecule has 1 N–H and O–H groups in total. The fourth-order valence-corrected chi connectivity index (χ4v) is 3.12. The zero-order chi connectivity index (χ0) is 8.97. The van der Waals surface area contributed by atoms with Gasteiger partial charge in [0.25, 0.3) is 0 Å².